The largest absolute Gasteiger partial charge is 0.341 e. The summed E-state index contributed by atoms with van der Waals surface area (Å²) in [5.41, 5.74) is 0. The van der Waals surface area contributed by atoms with Gasteiger partial charge in [0.1, 0.15) is 5.82 Å². The zero-order chi connectivity index (χ0) is 17.1. The lowest BCUT2D eigenvalue weighted by atomic mass is 9.99. The first-order chi connectivity index (χ1) is 11.6. The Labute approximate surface area is 156 Å². The average molecular weight is 388 g/mol. The van der Waals surface area contributed by atoms with Gasteiger partial charge in [-0.05, 0) is 19.4 Å². The molecule has 1 aliphatic heterocycles. The summed E-state index contributed by atoms with van der Waals surface area (Å²) in [4.78, 5) is 17.3. The SMILES string of the molecule is CN(C)C(=O)c1nc(CSc2nnc(C3CCCNC3)n2C)no1.Cl. The number of hydrogen-bond acceptors (Lipinski definition) is 8. The van der Waals surface area contributed by atoms with Crippen molar-refractivity contribution < 1.29 is 9.32 Å². The van der Waals surface area contributed by atoms with Gasteiger partial charge in [-0.15, -0.1) is 22.6 Å². The number of halogens is 1. The standard InChI is InChI=1S/C14H21N7O2S.ClH/c1-20(2)13(22)12-16-10(19-23-12)8-24-14-18-17-11(21(14)3)9-5-4-6-15-7-9;/h9,15H,4-8H2,1-3H3;1H. The van der Waals surface area contributed by atoms with Crippen LogP contribution in [0.25, 0.3) is 0 Å². The fourth-order valence-corrected chi connectivity index (χ4v) is 3.36. The van der Waals surface area contributed by atoms with Crippen LogP contribution in [0.15, 0.2) is 9.68 Å². The van der Waals surface area contributed by atoms with Crippen molar-refractivity contribution in [3.05, 3.63) is 17.5 Å². The number of rotatable bonds is 5. The van der Waals surface area contributed by atoms with Gasteiger partial charge in [-0.2, -0.15) is 4.98 Å². The molecule has 0 saturated carbocycles. The predicted molar refractivity (Wildman–Crippen MR) is 95.0 cm³/mol. The molecule has 9 nitrogen and oxygen atoms in total. The van der Waals surface area contributed by atoms with Crippen LogP contribution in [-0.4, -0.2) is 62.9 Å². The second-order valence-electron chi connectivity index (χ2n) is 5.95. The molecule has 3 heterocycles. The van der Waals surface area contributed by atoms with Gasteiger partial charge in [-0.25, -0.2) is 0 Å². The van der Waals surface area contributed by atoms with Crippen molar-refractivity contribution in [3.63, 3.8) is 0 Å². The smallest absolute Gasteiger partial charge is 0.316 e. The van der Waals surface area contributed by atoms with Crippen LogP contribution in [0.1, 0.15) is 41.1 Å². The topological polar surface area (TPSA) is 102 Å². The molecular formula is C14H22ClN7O2S. The number of hydrogen-bond donors (Lipinski definition) is 1. The first kappa shape index (κ1) is 19.7. The molecule has 1 aliphatic rings. The summed E-state index contributed by atoms with van der Waals surface area (Å²) in [6.07, 6.45) is 2.29. The van der Waals surface area contributed by atoms with Gasteiger partial charge in [0.05, 0.1) is 5.75 Å². The van der Waals surface area contributed by atoms with Crippen molar-refractivity contribution in [2.45, 2.75) is 29.7 Å². The van der Waals surface area contributed by atoms with Crippen molar-refractivity contribution in [2.75, 3.05) is 27.2 Å². The molecule has 1 fully saturated rings. The highest BCUT2D eigenvalue weighted by atomic mass is 35.5. The molecule has 3 rings (SSSR count). The normalized spacial score (nSPS) is 17.2. The van der Waals surface area contributed by atoms with E-state index < -0.39 is 0 Å². The molecular weight excluding hydrogens is 366 g/mol. The molecule has 2 aromatic rings. The van der Waals surface area contributed by atoms with Crippen LogP contribution in [0.5, 0.6) is 0 Å². The lowest BCUT2D eigenvalue weighted by Gasteiger charge is -2.21. The van der Waals surface area contributed by atoms with Crippen LogP contribution in [0.3, 0.4) is 0 Å². The van der Waals surface area contributed by atoms with E-state index in [1.54, 1.807) is 14.1 Å². The zero-order valence-electron chi connectivity index (χ0n) is 14.4. The fourth-order valence-electron chi connectivity index (χ4n) is 2.60. The Morgan fingerprint density at radius 2 is 2.24 bits per heavy atom. The Morgan fingerprint density at radius 3 is 2.92 bits per heavy atom. The number of amides is 1. The Bertz CT molecular complexity index is 712. The summed E-state index contributed by atoms with van der Waals surface area (Å²) in [5.74, 6) is 2.04. The quantitative estimate of drug-likeness (QED) is 0.760. The zero-order valence-corrected chi connectivity index (χ0v) is 16.1. The van der Waals surface area contributed by atoms with E-state index in [1.165, 1.54) is 16.7 Å². The fraction of sp³-hybridized carbons (Fsp3) is 0.643. The van der Waals surface area contributed by atoms with Crippen molar-refractivity contribution in [1.82, 2.24) is 35.1 Å². The lowest BCUT2D eigenvalue weighted by molar-refractivity contribution is 0.0779. The molecule has 25 heavy (non-hydrogen) atoms. The summed E-state index contributed by atoms with van der Waals surface area (Å²) in [6, 6.07) is 0. The molecule has 0 radical (unpaired) electrons. The number of carbonyl (C=O) groups is 1. The molecule has 0 spiro atoms. The first-order valence-electron chi connectivity index (χ1n) is 7.83. The molecule has 1 N–H and O–H groups in total. The van der Waals surface area contributed by atoms with Gasteiger partial charge in [0.25, 0.3) is 0 Å². The maximum absolute atomic E-state index is 11.8. The molecule has 2 aromatic heterocycles. The number of carbonyl (C=O) groups excluding carboxylic acids is 1. The number of nitrogens with one attached hydrogen (secondary N) is 1. The van der Waals surface area contributed by atoms with Crippen LogP contribution in [-0.2, 0) is 12.8 Å². The Balaban J connectivity index is 0.00000225. The molecule has 1 atom stereocenters. The third-order valence-corrected chi connectivity index (χ3v) is 4.93. The van der Waals surface area contributed by atoms with Gasteiger partial charge in [-0.1, -0.05) is 16.9 Å². The minimum absolute atomic E-state index is 0. The van der Waals surface area contributed by atoms with Crippen molar-refractivity contribution in [1.29, 1.82) is 0 Å². The molecule has 0 aliphatic carbocycles. The van der Waals surface area contributed by atoms with Crippen LogP contribution < -0.4 is 5.32 Å². The number of aromatic nitrogens is 5. The predicted octanol–water partition coefficient (Wildman–Crippen LogP) is 1.08. The van der Waals surface area contributed by atoms with Gasteiger partial charge < -0.3 is 19.3 Å². The minimum atomic E-state index is -0.301. The van der Waals surface area contributed by atoms with Crippen molar-refractivity contribution in [3.8, 4) is 0 Å². The molecule has 0 bridgehead atoms. The highest BCUT2D eigenvalue weighted by Crippen LogP contribution is 2.26. The third-order valence-electron chi connectivity index (χ3n) is 3.92. The number of piperidine rings is 1. The number of thioether (sulfide) groups is 1. The average Bonchev–Trinajstić information content (AvgIpc) is 3.20. The van der Waals surface area contributed by atoms with E-state index in [4.69, 9.17) is 4.52 Å². The van der Waals surface area contributed by atoms with Gasteiger partial charge in [0.15, 0.2) is 11.0 Å². The van der Waals surface area contributed by atoms with Crippen LogP contribution in [0.2, 0.25) is 0 Å². The summed E-state index contributed by atoms with van der Waals surface area (Å²) < 4.78 is 7.01. The van der Waals surface area contributed by atoms with E-state index in [0.717, 1.165) is 36.9 Å². The van der Waals surface area contributed by atoms with E-state index in [2.05, 4.69) is 25.7 Å². The van der Waals surface area contributed by atoms with Crippen molar-refractivity contribution >= 4 is 30.1 Å². The molecule has 11 heteroatoms. The highest BCUT2D eigenvalue weighted by Gasteiger charge is 2.22. The van der Waals surface area contributed by atoms with Crippen molar-refractivity contribution in [2.24, 2.45) is 7.05 Å². The maximum Gasteiger partial charge on any atom is 0.316 e. The number of nitrogens with zero attached hydrogens (tertiary/aromatic N) is 6. The van der Waals surface area contributed by atoms with Gasteiger partial charge >= 0.3 is 11.8 Å². The highest BCUT2D eigenvalue weighted by molar-refractivity contribution is 7.98. The second kappa shape index (κ2) is 8.63. The van der Waals surface area contributed by atoms with E-state index in [1.807, 2.05) is 11.6 Å². The van der Waals surface area contributed by atoms with Crippen LogP contribution in [0, 0.1) is 0 Å². The summed E-state index contributed by atoms with van der Waals surface area (Å²) in [5, 5.41) is 16.6. The molecule has 1 saturated heterocycles. The molecule has 1 unspecified atom stereocenters. The van der Waals surface area contributed by atoms with Gasteiger partial charge in [0, 0.05) is 33.6 Å². The van der Waals surface area contributed by atoms with Crippen LogP contribution >= 0.6 is 24.2 Å². The minimum Gasteiger partial charge on any atom is -0.341 e. The lowest BCUT2D eigenvalue weighted by Crippen LogP contribution is -2.29. The summed E-state index contributed by atoms with van der Waals surface area (Å²) in [6.45, 7) is 2.01. The van der Waals surface area contributed by atoms with Crippen LogP contribution in [0.4, 0.5) is 0 Å². The van der Waals surface area contributed by atoms with E-state index in [-0.39, 0.29) is 24.2 Å². The van der Waals surface area contributed by atoms with Gasteiger partial charge in [-0.3, -0.25) is 4.79 Å². The molecule has 138 valence electrons. The summed E-state index contributed by atoms with van der Waals surface area (Å²) >= 11 is 1.48. The van der Waals surface area contributed by atoms with E-state index in [9.17, 15) is 4.79 Å². The Hall–Kier alpha value is -1.65. The summed E-state index contributed by atoms with van der Waals surface area (Å²) in [7, 11) is 5.26. The molecule has 1 amide bonds. The van der Waals surface area contributed by atoms with Gasteiger partial charge in [0.2, 0.25) is 0 Å². The van der Waals surface area contributed by atoms with E-state index in [0.29, 0.717) is 17.5 Å². The maximum atomic E-state index is 11.8. The Kier molecular flexibility index (Phi) is 6.79. The third kappa shape index (κ3) is 4.50. The Morgan fingerprint density at radius 1 is 1.44 bits per heavy atom. The first-order valence-corrected chi connectivity index (χ1v) is 8.82. The molecule has 0 aromatic carbocycles. The monoisotopic (exact) mass is 387 g/mol. The van der Waals surface area contributed by atoms with E-state index >= 15 is 0 Å². The second-order valence-corrected chi connectivity index (χ2v) is 6.89.